The minimum atomic E-state index is -0.543. The molecule has 0 N–H and O–H groups in total. The van der Waals surface area contributed by atoms with Crippen molar-refractivity contribution in [3.8, 4) is 0 Å². The van der Waals surface area contributed by atoms with Gasteiger partial charge < -0.3 is 4.74 Å². The molecule has 25 heavy (non-hydrogen) atoms. The van der Waals surface area contributed by atoms with Crippen LogP contribution in [-0.2, 0) is 14.3 Å². The molecule has 3 heterocycles. The number of rotatable bonds is 1. The van der Waals surface area contributed by atoms with Crippen molar-refractivity contribution < 1.29 is 14.3 Å². The Kier molecular flexibility index (Phi) is 3.67. The van der Waals surface area contributed by atoms with Gasteiger partial charge in [-0.1, -0.05) is 23.8 Å². The first-order valence-corrected chi connectivity index (χ1v) is 9.59. The Balaban J connectivity index is 2.07. The highest BCUT2D eigenvalue weighted by molar-refractivity contribution is 7.33. The number of hydrogen-bond acceptors (Lipinski definition) is 5. The second kappa shape index (κ2) is 5.64. The summed E-state index contributed by atoms with van der Waals surface area (Å²) in [5, 5.41) is 1.24. The maximum absolute atomic E-state index is 12.3. The van der Waals surface area contributed by atoms with Gasteiger partial charge in [0.15, 0.2) is 0 Å². The molecule has 4 rings (SSSR count). The molecule has 3 nitrogen and oxygen atoms in total. The summed E-state index contributed by atoms with van der Waals surface area (Å²) in [6, 6.07) is 8.33. The molecule has 0 radical (unpaired) electrons. The van der Waals surface area contributed by atoms with Crippen molar-refractivity contribution in [2.45, 2.75) is 27.7 Å². The van der Waals surface area contributed by atoms with Crippen LogP contribution in [0.2, 0.25) is 0 Å². The molecule has 1 aliphatic rings. The van der Waals surface area contributed by atoms with Gasteiger partial charge in [0.2, 0.25) is 0 Å². The number of ether oxygens (including phenoxy) is 1. The SMILES string of the molecule is CC(C)=C1C(=O)OC(=O)C1=C(C)c1c(C)sc2c1sc1ccccc12. The number of hydrogen-bond donors (Lipinski definition) is 0. The van der Waals surface area contributed by atoms with Crippen LogP contribution in [0.3, 0.4) is 0 Å². The molecule has 1 fully saturated rings. The van der Waals surface area contributed by atoms with Gasteiger partial charge in [0.1, 0.15) is 0 Å². The van der Waals surface area contributed by atoms with Gasteiger partial charge in [0.05, 0.1) is 20.5 Å². The number of esters is 2. The summed E-state index contributed by atoms with van der Waals surface area (Å²) >= 11 is 3.47. The molecule has 2 aromatic heterocycles. The zero-order valence-corrected chi connectivity index (χ0v) is 16.0. The number of cyclic esters (lactones) is 2. The van der Waals surface area contributed by atoms with Gasteiger partial charge >= 0.3 is 11.9 Å². The molecule has 0 aliphatic carbocycles. The van der Waals surface area contributed by atoms with Gasteiger partial charge in [0.25, 0.3) is 0 Å². The summed E-state index contributed by atoms with van der Waals surface area (Å²) in [6.45, 7) is 7.64. The molecule has 5 heteroatoms. The fourth-order valence-electron chi connectivity index (χ4n) is 3.40. The Morgan fingerprint density at radius 1 is 0.920 bits per heavy atom. The minimum absolute atomic E-state index is 0.405. The van der Waals surface area contributed by atoms with Crippen LogP contribution in [0.5, 0.6) is 0 Å². The summed E-state index contributed by atoms with van der Waals surface area (Å²) in [4.78, 5) is 25.5. The zero-order chi connectivity index (χ0) is 17.9. The van der Waals surface area contributed by atoms with Crippen LogP contribution in [0.1, 0.15) is 31.2 Å². The van der Waals surface area contributed by atoms with Gasteiger partial charge in [-0.25, -0.2) is 9.59 Å². The van der Waals surface area contributed by atoms with Gasteiger partial charge in [-0.05, 0) is 39.3 Å². The van der Waals surface area contributed by atoms with Crippen molar-refractivity contribution in [1.82, 2.24) is 0 Å². The van der Waals surface area contributed by atoms with E-state index in [1.165, 1.54) is 19.5 Å². The van der Waals surface area contributed by atoms with Crippen molar-refractivity contribution in [2.75, 3.05) is 0 Å². The molecule has 1 aliphatic heterocycles. The van der Waals surface area contributed by atoms with Crippen molar-refractivity contribution in [3.05, 3.63) is 51.4 Å². The van der Waals surface area contributed by atoms with E-state index in [1.807, 2.05) is 32.9 Å². The number of thiophene rings is 2. The number of aryl methyl sites for hydroxylation is 1. The minimum Gasteiger partial charge on any atom is -0.386 e. The third-order valence-electron chi connectivity index (χ3n) is 4.48. The summed E-state index contributed by atoms with van der Waals surface area (Å²) in [6.07, 6.45) is 0. The third-order valence-corrected chi connectivity index (χ3v) is 6.93. The van der Waals surface area contributed by atoms with Crippen molar-refractivity contribution in [2.24, 2.45) is 0 Å². The van der Waals surface area contributed by atoms with Crippen LogP contribution in [0.4, 0.5) is 0 Å². The topological polar surface area (TPSA) is 43.4 Å². The third kappa shape index (κ3) is 2.30. The molecule has 0 bridgehead atoms. The Hall–Kier alpha value is -2.24. The van der Waals surface area contributed by atoms with E-state index in [1.54, 1.807) is 22.7 Å². The molecule has 0 unspecified atom stereocenters. The highest BCUT2D eigenvalue weighted by Crippen LogP contribution is 2.46. The first-order valence-electron chi connectivity index (χ1n) is 7.96. The maximum atomic E-state index is 12.3. The normalized spacial score (nSPS) is 16.9. The fraction of sp³-hybridized carbons (Fsp3) is 0.200. The van der Waals surface area contributed by atoms with Gasteiger partial charge in [0, 0.05) is 20.5 Å². The molecule has 0 spiro atoms. The van der Waals surface area contributed by atoms with E-state index in [0.717, 1.165) is 21.6 Å². The first-order chi connectivity index (χ1) is 11.9. The Morgan fingerprint density at radius 3 is 2.32 bits per heavy atom. The Labute approximate surface area is 153 Å². The molecule has 0 amide bonds. The van der Waals surface area contributed by atoms with Crippen LogP contribution in [0.25, 0.3) is 25.1 Å². The van der Waals surface area contributed by atoms with E-state index in [-0.39, 0.29) is 0 Å². The molecule has 0 atom stereocenters. The van der Waals surface area contributed by atoms with E-state index in [9.17, 15) is 9.59 Å². The van der Waals surface area contributed by atoms with Crippen LogP contribution < -0.4 is 0 Å². The Morgan fingerprint density at radius 2 is 1.60 bits per heavy atom. The summed E-state index contributed by atoms with van der Waals surface area (Å²) in [7, 11) is 0. The van der Waals surface area contributed by atoms with Crippen molar-refractivity contribution in [1.29, 1.82) is 0 Å². The monoisotopic (exact) mass is 368 g/mol. The molecule has 3 aromatic rings. The van der Waals surface area contributed by atoms with E-state index in [2.05, 4.69) is 19.1 Å². The van der Waals surface area contributed by atoms with E-state index < -0.39 is 11.9 Å². The van der Waals surface area contributed by atoms with Crippen LogP contribution in [0, 0.1) is 6.92 Å². The quantitative estimate of drug-likeness (QED) is 0.318. The van der Waals surface area contributed by atoms with Crippen molar-refractivity contribution in [3.63, 3.8) is 0 Å². The first kappa shape index (κ1) is 16.2. The van der Waals surface area contributed by atoms with E-state index >= 15 is 0 Å². The lowest BCUT2D eigenvalue weighted by Gasteiger charge is -2.06. The van der Waals surface area contributed by atoms with Gasteiger partial charge in [-0.15, -0.1) is 22.7 Å². The lowest BCUT2D eigenvalue weighted by Crippen LogP contribution is -1.99. The summed E-state index contributed by atoms with van der Waals surface area (Å²) < 4.78 is 8.54. The van der Waals surface area contributed by atoms with Crippen LogP contribution in [-0.4, -0.2) is 11.9 Å². The molecule has 126 valence electrons. The highest BCUT2D eigenvalue weighted by Gasteiger charge is 2.37. The predicted molar refractivity (Wildman–Crippen MR) is 104 cm³/mol. The van der Waals surface area contributed by atoms with Gasteiger partial charge in [-0.2, -0.15) is 0 Å². The van der Waals surface area contributed by atoms with Crippen LogP contribution in [0.15, 0.2) is 41.0 Å². The second-order valence-electron chi connectivity index (χ2n) is 6.34. The standard InChI is InChI=1S/C20H16O3S2/c1-9(2)14-16(20(22)23-19(14)21)10(3)15-11(4)24-17-12-7-5-6-8-13(12)25-18(15)17/h5-8H,1-4H3. The average Bonchev–Trinajstić information content (AvgIpc) is 3.15. The lowest BCUT2D eigenvalue weighted by atomic mass is 9.95. The Bertz CT molecular complexity index is 1130. The molecular weight excluding hydrogens is 352 g/mol. The number of allylic oxidation sites excluding steroid dienone is 2. The smallest absolute Gasteiger partial charge is 0.347 e. The number of carbonyl (C=O) groups is 2. The van der Waals surface area contributed by atoms with Crippen LogP contribution >= 0.6 is 22.7 Å². The fourth-order valence-corrected chi connectivity index (χ4v) is 6.18. The van der Waals surface area contributed by atoms with E-state index in [0.29, 0.717) is 11.1 Å². The van der Waals surface area contributed by atoms with Crippen molar-refractivity contribution >= 4 is 59.7 Å². The number of carbonyl (C=O) groups excluding carboxylic acids is 2. The highest BCUT2D eigenvalue weighted by atomic mass is 32.1. The lowest BCUT2D eigenvalue weighted by molar-refractivity contribution is -0.149. The van der Waals surface area contributed by atoms with Gasteiger partial charge in [-0.3, -0.25) is 0 Å². The molecule has 0 saturated carbocycles. The summed E-state index contributed by atoms with van der Waals surface area (Å²) in [5.41, 5.74) is 3.49. The number of fused-ring (bicyclic) bond motifs is 3. The largest absolute Gasteiger partial charge is 0.386 e. The second-order valence-corrected chi connectivity index (χ2v) is 8.62. The average molecular weight is 368 g/mol. The summed E-state index contributed by atoms with van der Waals surface area (Å²) in [5.74, 6) is -1.08. The molecular formula is C20H16O3S2. The van der Waals surface area contributed by atoms with E-state index in [4.69, 9.17) is 4.74 Å². The number of benzene rings is 1. The maximum Gasteiger partial charge on any atom is 0.347 e. The predicted octanol–water partition coefficient (Wildman–Crippen LogP) is 5.62. The molecule has 1 aromatic carbocycles. The zero-order valence-electron chi connectivity index (χ0n) is 14.4. The molecule has 1 saturated heterocycles.